The van der Waals surface area contributed by atoms with Crippen LogP contribution in [-0.2, 0) is 4.79 Å². The number of rotatable bonds is 7. The van der Waals surface area contributed by atoms with Crippen LogP contribution in [0.5, 0.6) is 11.5 Å². The van der Waals surface area contributed by atoms with Gasteiger partial charge in [-0.2, -0.15) is 0 Å². The molecule has 3 aromatic carbocycles. The Kier molecular flexibility index (Phi) is 6.77. The number of aromatic nitrogens is 3. The number of nitrogens with one attached hydrogen (secondary N) is 1. The van der Waals surface area contributed by atoms with Crippen LogP contribution in [0.4, 0.5) is 5.69 Å². The molecule has 1 N–H and O–H groups in total. The van der Waals surface area contributed by atoms with Gasteiger partial charge in [-0.3, -0.25) is 9.59 Å². The van der Waals surface area contributed by atoms with Crippen LogP contribution in [0.3, 0.4) is 0 Å². The van der Waals surface area contributed by atoms with E-state index < -0.39 is 0 Å². The molecular weight excluding hydrogens is 472 g/mol. The summed E-state index contributed by atoms with van der Waals surface area (Å²) < 4.78 is 7.39. The second-order valence-corrected chi connectivity index (χ2v) is 8.94. The van der Waals surface area contributed by atoms with Gasteiger partial charge in [0.05, 0.1) is 22.3 Å². The topological polar surface area (TPSA) is 86.1 Å². The lowest BCUT2D eigenvalue weighted by Crippen LogP contribution is -2.23. The molecule has 7 nitrogen and oxygen atoms in total. The summed E-state index contributed by atoms with van der Waals surface area (Å²) in [7, 11) is 0. The molecule has 1 amide bonds. The molecule has 0 aliphatic heterocycles. The molecule has 0 aliphatic carbocycles. The molecule has 0 fully saturated rings. The molecule has 2 heterocycles. The summed E-state index contributed by atoms with van der Waals surface area (Å²) in [4.78, 5) is 35.3. The maximum atomic E-state index is 13.3. The Hall–Kier alpha value is -4.43. The highest BCUT2D eigenvalue weighted by Gasteiger charge is 2.16. The zero-order chi connectivity index (χ0) is 24.9. The van der Waals surface area contributed by atoms with E-state index in [4.69, 9.17) is 4.74 Å². The second kappa shape index (κ2) is 10.5. The first-order valence-corrected chi connectivity index (χ1v) is 12.3. The van der Waals surface area contributed by atoms with Crippen LogP contribution in [0.15, 0.2) is 107 Å². The number of amides is 1. The van der Waals surface area contributed by atoms with Crippen molar-refractivity contribution in [2.75, 3.05) is 11.1 Å². The number of benzene rings is 3. The lowest BCUT2D eigenvalue weighted by molar-refractivity contribution is -0.113. The molecule has 178 valence electrons. The third-order valence-corrected chi connectivity index (χ3v) is 6.27. The minimum Gasteiger partial charge on any atom is -0.455 e. The van der Waals surface area contributed by atoms with Crippen molar-refractivity contribution in [3.63, 3.8) is 0 Å². The van der Waals surface area contributed by atoms with E-state index in [2.05, 4.69) is 15.3 Å². The molecule has 0 saturated carbocycles. The highest BCUT2D eigenvalue weighted by molar-refractivity contribution is 7.99. The summed E-state index contributed by atoms with van der Waals surface area (Å²) >= 11 is 1.17. The van der Waals surface area contributed by atoms with Crippen LogP contribution >= 0.6 is 11.8 Å². The summed E-state index contributed by atoms with van der Waals surface area (Å²) in [5.74, 6) is 1.44. The Morgan fingerprint density at radius 2 is 1.69 bits per heavy atom. The smallest absolute Gasteiger partial charge is 0.267 e. The molecule has 0 unspecified atom stereocenters. The van der Waals surface area contributed by atoms with Crippen molar-refractivity contribution in [1.29, 1.82) is 0 Å². The zero-order valence-electron chi connectivity index (χ0n) is 19.4. The molecule has 36 heavy (non-hydrogen) atoms. The Morgan fingerprint density at radius 3 is 2.50 bits per heavy atom. The fourth-order valence-corrected chi connectivity index (χ4v) is 4.40. The van der Waals surface area contributed by atoms with Crippen LogP contribution in [0.1, 0.15) is 5.56 Å². The van der Waals surface area contributed by atoms with Gasteiger partial charge in [-0.15, -0.1) is 0 Å². The third kappa shape index (κ3) is 5.13. The van der Waals surface area contributed by atoms with Crippen molar-refractivity contribution in [3.8, 4) is 17.3 Å². The molecule has 0 bridgehead atoms. The molecule has 0 radical (unpaired) electrons. The molecule has 8 heteroatoms. The van der Waals surface area contributed by atoms with Crippen molar-refractivity contribution in [3.05, 3.63) is 113 Å². The molecule has 2 aromatic heterocycles. The van der Waals surface area contributed by atoms with Gasteiger partial charge in [-0.1, -0.05) is 60.3 Å². The van der Waals surface area contributed by atoms with Crippen LogP contribution in [0, 0.1) is 6.92 Å². The van der Waals surface area contributed by atoms with Gasteiger partial charge in [-0.25, -0.2) is 14.5 Å². The minimum absolute atomic E-state index is 0.0380. The van der Waals surface area contributed by atoms with Gasteiger partial charge >= 0.3 is 0 Å². The van der Waals surface area contributed by atoms with E-state index >= 15 is 0 Å². The van der Waals surface area contributed by atoms with Crippen LogP contribution in [0.25, 0.3) is 16.7 Å². The van der Waals surface area contributed by atoms with Gasteiger partial charge in [0.1, 0.15) is 11.6 Å². The van der Waals surface area contributed by atoms with E-state index in [1.54, 1.807) is 42.6 Å². The van der Waals surface area contributed by atoms with Gasteiger partial charge < -0.3 is 10.1 Å². The van der Waals surface area contributed by atoms with Crippen LogP contribution < -0.4 is 15.6 Å². The Balaban J connectivity index is 1.40. The quantitative estimate of drug-likeness (QED) is 0.234. The summed E-state index contributed by atoms with van der Waals surface area (Å²) in [6, 6.07) is 27.4. The molecule has 0 atom stereocenters. The van der Waals surface area contributed by atoms with E-state index in [1.807, 2.05) is 61.5 Å². The zero-order valence-corrected chi connectivity index (χ0v) is 20.2. The molecular formula is C28H22N4O3S. The average Bonchev–Trinajstić information content (AvgIpc) is 2.90. The van der Waals surface area contributed by atoms with E-state index in [-0.39, 0.29) is 17.2 Å². The van der Waals surface area contributed by atoms with Crippen molar-refractivity contribution in [1.82, 2.24) is 14.5 Å². The van der Waals surface area contributed by atoms with E-state index in [1.165, 1.54) is 16.3 Å². The number of anilines is 1. The van der Waals surface area contributed by atoms with E-state index in [0.29, 0.717) is 39.1 Å². The summed E-state index contributed by atoms with van der Waals surface area (Å²) in [6.45, 7) is 1.93. The second-order valence-electron chi connectivity index (χ2n) is 7.99. The lowest BCUT2D eigenvalue weighted by Gasteiger charge is -2.14. The number of hydrogen-bond donors (Lipinski definition) is 1. The van der Waals surface area contributed by atoms with Gasteiger partial charge in [-0.05, 0) is 55.0 Å². The Bertz CT molecular complexity index is 1580. The first kappa shape index (κ1) is 23.3. The van der Waals surface area contributed by atoms with Crippen molar-refractivity contribution >= 4 is 34.3 Å². The summed E-state index contributed by atoms with van der Waals surface area (Å²) in [5.41, 5.74) is 1.86. The van der Waals surface area contributed by atoms with Crippen molar-refractivity contribution in [2.45, 2.75) is 12.1 Å². The Morgan fingerprint density at radius 1 is 0.944 bits per heavy atom. The number of pyridine rings is 1. The standard InChI is InChI=1S/C28H22N4O3S/c1-19-15-16-25(29-17-19)32-27(34)21-11-5-6-12-22(21)31-28(32)36-18-26(33)30-23-13-7-8-14-24(23)35-20-9-3-2-4-10-20/h2-17H,18H2,1H3,(H,30,33). The SMILES string of the molecule is Cc1ccc(-n2c(SCC(=O)Nc3ccccc3Oc3ccccc3)nc3ccccc3c2=O)nc1. The van der Waals surface area contributed by atoms with Crippen molar-refractivity contribution < 1.29 is 9.53 Å². The number of nitrogens with zero attached hydrogens (tertiary/aromatic N) is 3. The third-order valence-electron chi connectivity index (χ3n) is 5.33. The molecule has 5 rings (SSSR count). The number of carbonyl (C=O) groups excluding carboxylic acids is 1. The average molecular weight is 495 g/mol. The predicted molar refractivity (Wildman–Crippen MR) is 142 cm³/mol. The normalized spacial score (nSPS) is 10.8. The number of carbonyl (C=O) groups is 1. The van der Waals surface area contributed by atoms with Crippen LogP contribution in [-0.4, -0.2) is 26.2 Å². The van der Waals surface area contributed by atoms with Gasteiger partial charge in [0.25, 0.3) is 5.56 Å². The first-order valence-electron chi connectivity index (χ1n) is 11.3. The fourth-order valence-electron chi connectivity index (χ4n) is 3.59. The highest BCUT2D eigenvalue weighted by Crippen LogP contribution is 2.29. The number of fused-ring (bicyclic) bond motifs is 1. The van der Waals surface area contributed by atoms with E-state index in [9.17, 15) is 9.59 Å². The first-order chi connectivity index (χ1) is 17.6. The van der Waals surface area contributed by atoms with Gasteiger partial charge in [0, 0.05) is 6.20 Å². The van der Waals surface area contributed by atoms with Gasteiger partial charge in [0.2, 0.25) is 5.91 Å². The maximum Gasteiger partial charge on any atom is 0.267 e. The van der Waals surface area contributed by atoms with Crippen molar-refractivity contribution in [2.24, 2.45) is 0 Å². The molecule has 0 spiro atoms. The molecule has 5 aromatic rings. The Labute approximate surface area is 211 Å². The predicted octanol–water partition coefficient (Wildman–Crippen LogP) is 5.61. The minimum atomic E-state index is -0.255. The number of ether oxygens (including phenoxy) is 1. The lowest BCUT2D eigenvalue weighted by atomic mass is 10.2. The van der Waals surface area contributed by atoms with E-state index in [0.717, 1.165) is 5.56 Å². The number of para-hydroxylation sites is 4. The molecule has 0 saturated heterocycles. The monoisotopic (exact) mass is 494 g/mol. The van der Waals surface area contributed by atoms with Crippen LogP contribution in [0.2, 0.25) is 0 Å². The maximum absolute atomic E-state index is 13.3. The molecule has 0 aliphatic rings. The highest BCUT2D eigenvalue weighted by atomic mass is 32.2. The number of thioether (sulfide) groups is 1. The summed E-state index contributed by atoms with van der Waals surface area (Å²) in [6.07, 6.45) is 1.70. The fraction of sp³-hybridized carbons (Fsp3) is 0.0714. The summed E-state index contributed by atoms with van der Waals surface area (Å²) in [5, 5.41) is 3.78. The number of aryl methyl sites for hydroxylation is 1. The largest absolute Gasteiger partial charge is 0.455 e. The van der Waals surface area contributed by atoms with Gasteiger partial charge in [0.15, 0.2) is 10.9 Å². The number of hydrogen-bond acceptors (Lipinski definition) is 6.